The number of halogens is 2. The lowest BCUT2D eigenvalue weighted by Crippen LogP contribution is -2.41. The van der Waals surface area contributed by atoms with E-state index in [2.05, 4.69) is 29.1 Å². The summed E-state index contributed by atoms with van der Waals surface area (Å²) in [6.45, 7) is 3.12. The van der Waals surface area contributed by atoms with Crippen LogP contribution in [0.25, 0.3) is 0 Å². The van der Waals surface area contributed by atoms with Crippen molar-refractivity contribution in [3.63, 3.8) is 0 Å². The number of thiophene rings is 1. The molecule has 0 saturated heterocycles. The number of rotatable bonds is 6. The van der Waals surface area contributed by atoms with Gasteiger partial charge in [0.1, 0.15) is 0 Å². The smallest absolute Gasteiger partial charge is 0.248 e. The Morgan fingerprint density at radius 1 is 1.42 bits per heavy atom. The van der Waals surface area contributed by atoms with E-state index in [9.17, 15) is 8.78 Å². The van der Waals surface area contributed by atoms with Gasteiger partial charge >= 0.3 is 0 Å². The molecule has 2 rings (SSSR count). The Bertz CT molecular complexity index is 354. The fraction of sp³-hybridized carbons (Fsp3) is 0.733. The second kappa shape index (κ2) is 6.80. The van der Waals surface area contributed by atoms with E-state index in [4.69, 9.17) is 0 Å². The minimum atomic E-state index is -2.42. The summed E-state index contributed by atoms with van der Waals surface area (Å²) in [6, 6.07) is 2.49. The van der Waals surface area contributed by atoms with Crippen LogP contribution in [0.4, 0.5) is 8.78 Å². The summed E-state index contributed by atoms with van der Waals surface area (Å²) in [5, 5.41) is 7.81. The first kappa shape index (κ1) is 14.9. The van der Waals surface area contributed by atoms with Gasteiger partial charge in [0.15, 0.2) is 0 Å². The maximum Gasteiger partial charge on any atom is 0.248 e. The first-order valence-corrected chi connectivity index (χ1v) is 8.17. The fourth-order valence-corrected chi connectivity index (χ4v) is 3.54. The molecule has 1 saturated carbocycles. The number of hydrogen-bond acceptors (Lipinski definition) is 2. The van der Waals surface area contributed by atoms with Crippen molar-refractivity contribution < 1.29 is 8.78 Å². The average molecular weight is 287 g/mol. The van der Waals surface area contributed by atoms with Gasteiger partial charge in [0.2, 0.25) is 5.92 Å². The van der Waals surface area contributed by atoms with Crippen LogP contribution in [0.5, 0.6) is 0 Å². The van der Waals surface area contributed by atoms with Crippen LogP contribution in [0.3, 0.4) is 0 Å². The van der Waals surface area contributed by atoms with Gasteiger partial charge in [-0.2, -0.15) is 11.3 Å². The maximum absolute atomic E-state index is 13.3. The molecular formula is C15H23F2NS. The summed E-state index contributed by atoms with van der Waals surface area (Å²) in [7, 11) is 0. The molecule has 1 aromatic heterocycles. The molecule has 1 aliphatic carbocycles. The van der Waals surface area contributed by atoms with E-state index in [-0.39, 0.29) is 12.8 Å². The molecule has 1 heterocycles. The van der Waals surface area contributed by atoms with Crippen molar-refractivity contribution in [2.75, 3.05) is 6.54 Å². The molecule has 0 radical (unpaired) electrons. The van der Waals surface area contributed by atoms with Crippen LogP contribution in [0, 0.1) is 5.92 Å². The lowest BCUT2D eigenvalue weighted by Gasteiger charge is -2.34. The zero-order valence-corrected chi connectivity index (χ0v) is 12.3. The SMILES string of the molecule is CCCNC(Cc1ccsc1)C1CCC(F)(F)CC1. The highest BCUT2D eigenvalue weighted by atomic mass is 32.1. The standard InChI is InChI=1S/C15H23F2NS/c1-2-8-18-14(10-12-5-9-19-11-12)13-3-6-15(16,17)7-4-13/h5,9,11,13-14,18H,2-4,6-8,10H2,1H3. The largest absolute Gasteiger partial charge is 0.313 e. The molecule has 0 aromatic carbocycles. The van der Waals surface area contributed by atoms with Gasteiger partial charge in [-0.1, -0.05) is 6.92 Å². The molecule has 0 aliphatic heterocycles. The maximum atomic E-state index is 13.3. The molecule has 1 N–H and O–H groups in total. The van der Waals surface area contributed by atoms with Crippen LogP contribution in [0.2, 0.25) is 0 Å². The first-order chi connectivity index (χ1) is 9.11. The molecule has 1 nitrogen and oxygen atoms in total. The molecular weight excluding hydrogens is 264 g/mol. The van der Waals surface area contributed by atoms with Crippen LogP contribution < -0.4 is 5.32 Å². The van der Waals surface area contributed by atoms with Gasteiger partial charge in [-0.25, -0.2) is 8.78 Å². The molecule has 0 bridgehead atoms. The summed E-state index contributed by atoms with van der Waals surface area (Å²) in [5.41, 5.74) is 1.33. The Morgan fingerprint density at radius 3 is 2.74 bits per heavy atom. The molecule has 1 unspecified atom stereocenters. The molecule has 19 heavy (non-hydrogen) atoms. The molecule has 108 valence electrons. The van der Waals surface area contributed by atoms with Crippen LogP contribution >= 0.6 is 11.3 Å². The van der Waals surface area contributed by atoms with Gasteiger partial charge < -0.3 is 5.32 Å². The summed E-state index contributed by atoms with van der Waals surface area (Å²) in [4.78, 5) is 0. The van der Waals surface area contributed by atoms with Gasteiger partial charge in [-0.3, -0.25) is 0 Å². The third kappa shape index (κ3) is 4.53. The first-order valence-electron chi connectivity index (χ1n) is 7.23. The highest BCUT2D eigenvalue weighted by Gasteiger charge is 2.37. The second-order valence-electron chi connectivity index (χ2n) is 5.59. The zero-order chi connectivity index (χ0) is 13.7. The molecule has 0 spiro atoms. The minimum Gasteiger partial charge on any atom is -0.313 e. The topological polar surface area (TPSA) is 12.0 Å². The fourth-order valence-electron chi connectivity index (χ4n) is 2.86. The van der Waals surface area contributed by atoms with Crippen molar-refractivity contribution in [1.82, 2.24) is 5.32 Å². The van der Waals surface area contributed by atoms with E-state index in [1.165, 1.54) is 5.56 Å². The summed E-state index contributed by atoms with van der Waals surface area (Å²) < 4.78 is 26.5. The third-order valence-corrected chi connectivity index (χ3v) is 4.76. The van der Waals surface area contributed by atoms with Gasteiger partial charge in [0.05, 0.1) is 0 Å². The molecule has 1 atom stereocenters. The van der Waals surface area contributed by atoms with Crippen molar-refractivity contribution in [3.05, 3.63) is 22.4 Å². The van der Waals surface area contributed by atoms with Crippen LogP contribution in [-0.4, -0.2) is 18.5 Å². The molecule has 0 amide bonds. The summed E-state index contributed by atoms with van der Waals surface area (Å²) in [5.74, 6) is -2.03. The van der Waals surface area contributed by atoms with E-state index in [1.807, 2.05) is 0 Å². The third-order valence-electron chi connectivity index (χ3n) is 4.02. The van der Waals surface area contributed by atoms with Crippen molar-refractivity contribution in [2.24, 2.45) is 5.92 Å². The quantitative estimate of drug-likeness (QED) is 0.813. The molecule has 1 aliphatic rings. The van der Waals surface area contributed by atoms with E-state index in [1.54, 1.807) is 11.3 Å². The van der Waals surface area contributed by atoms with Gasteiger partial charge in [-0.05, 0) is 60.5 Å². The molecule has 1 fully saturated rings. The minimum absolute atomic E-state index is 0.0611. The van der Waals surface area contributed by atoms with E-state index >= 15 is 0 Å². The molecule has 1 aromatic rings. The van der Waals surface area contributed by atoms with Crippen molar-refractivity contribution in [3.8, 4) is 0 Å². The Balaban J connectivity index is 1.93. The lowest BCUT2D eigenvalue weighted by atomic mass is 9.80. The van der Waals surface area contributed by atoms with Crippen LogP contribution in [0.15, 0.2) is 16.8 Å². The normalized spacial score (nSPS) is 21.4. The predicted octanol–water partition coefficient (Wildman–Crippen LogP) is 4.48. The van der Waals surface area contributed by atoms with Gasteiger partial charge in [0, 0.05) is 18.9 Å². The summed E-state index contributed by atoms with van der Waals surface area (Å²) in [6.07, 6.45) is 3.48. The van der Waals surface area contributed by atoms with E-state index in [0.29, 0.717) is 24.8 Å². The number of hydrogen-bond donors (Lipinski definition) is 1. The molecule has 4 heteroatoms. The van der Waals surface area contributed by atoms with E-state index < -0.39 is 5.92 Å². The van der Waals surface area contributed by atoms with Crippen LogP contribution in [0.1, 0.15) is 44.6 Å². The Morgan fingerprint density at radius 2 is 2.16 bits per heavy atom. The summed E-state index contributed by atoms with van der Waals surface area (Å²) >= 11 is 1.70. The van der Waals surface area contributed by atoms with Crippen molar-refractivity contribution in [2.45, 2.75) is 57.4 Å². The number of nitrogens with one attached hydrogen (secondary N) is 1. The van der Waals surface area contributed by atoms with Crippen molar-refractivity contribution >= 4 is 11.3 Å². The zero-order valence-electron chi connectivity index (χ0n) is 11.5. The number of alkyl halides is 2. The predicted molar refractivity (Wildman–Crippen MR) is 77.0 cm³/mol. The Kier molecular flexibility index (Phi) is 5.34. The monoisotopic (exact) mass is 287 g/mol. The van der Waals surface area contributed by atoms with E-state index in [0.717, 1.165) is 19.4 Å². The average Bonchev–Trinajstić information content (AvgIpc) is 2.87. The van der Waals surface area contributed by atoms with Crippen LogP contribution in [-0.2, 0) is 6.42 Å². The van der Waals surface area contributed by atoms with Gasteiger partial charge in [0.25, 0.3) is 0 Å². The van der Waals surface area contributed by atoms with Crippen molar-refractivity contribution in [1.29, 1.82) is 0 Å². The highest BCUT2D eigenvalue weighted by molar-refractivity contribution is 7.07. The second-order valence-corrected chi connectivity index (χ2v) is 6.37. The van der Waals surface area contributed by atoms with Gasteiger partial charge in [-0.15, -0.1) is 0 Å². The Hall–Kier alpha value is -0.480. The lowest BCUT2D eigenvalue weighted by molar-refractivity contribution is -0.0495. The Labute approximate surface area is 118 Å². The highest BCUT2D eigenvalue weighted by Crippen LogP contribution is 2.38.